The summed E-state index contributed by atoms with van der Waals surface area (Å²) in [6, 6.07) is 9.84. The molecule has 0 aliphatic carbocycles. The topological polar surface area (TPSA) is 42.9 Å². The third-order valence-corrected chi connectivity index (χ3v) is 2.07. The van der Waals surface area contributed by atoms with Crippen LogP contribution in [0.3, 0.4) is 0 Å². The maximum atomic E-state index is 5.38. The molecule has 0 radical (unpaired) electrons. The van der Waals surface area contributed by atoms with Gasteiger partial charge < -0.3 is 4.74 Å². The Morgan fingerprint density at radius 2 is 2.27 bits per heavy atom. The number of hydrogen-bond acceptors (Lipinski definition) is 4. The lowest BCUT2D eigenvalue weighted by atomic mass is 10.2. The summed E-state index contributed by atoms with van der Waals surface area (Å²) < 4.78 is 5.38. The van der Waals surface area contributed by atoms with E-state index < -0.39 is 0 Å². The fourth-order valence-corrected chi connectivity index (χ4v) is 1.40. The van der Waals surface area contributed by atoms with E-state index in [9.17, 15) is 0 Å². The Hall–Kier alpha value is -1.39. The van der Waals surface area contributed by atoms with Crippen molar-refractivity contribution in [3.05, 3.63) is 35.9 Å². The van der Waals surface area contributed by atoms with Gasteiger partial charge in [0.25, 0.3) is 0 Å². The summed E-state index contributed by atoms with van der Waals surface area (Å²) in [7, 11) is 0. The molecule has 4 heteroatoms. The van der Waals surface area contributed by atoms with Crippen LogP contribution >= 0.6 is 0 Å². The van der Waals surface area contributed by atoms with Crippen molar-refractivity contribution in [1.29, 1.82) is 0 Å². The first-order valence-electron chi connectivity index (χ1n) is 5.03. The number of aliphatic imine (C=N–C) groups is 1. The van der Waals surface area contributed by atoms with E-state index in [2.05, 4.69) is 10.5 Å². The van der Waals surface area contributed by atoms with Crippen LogP contribution in [0.1, 0.15) is 12.5 Å². The Bertz CT molecular complexity index is 338. The number of hydroxylamine groups is 1. The lowest BCUT2D eigenvalue weighted by Crippen LogP contribution is -2.36. The molecular weight excluding hydrogens is 192 g/mol. The molecule has 0 bridgehead atoms. The van der Waals surface area contributed by atoms with Gasteiger partial charge in [-0.1, -0.05) is 30.3 Å². The van der Waals surface area contributed by atoms with Crippen molar-refractivity contribution in [3.63, 3.8) is 0 Å². The van der Waals surface area contributed by atoms with Gasteiger partial charge in [0, 0.05) is 12.2 Å². The van der Waals surface area contributed by atoms with Crippen molar-refractivity contribution in [2.24, 2.45) is 4.99 Å². The zero-order valence-corrected chi connectivity index (χ0v) is 8.64. The molecule has 4 nitrogen and oxygen atoms in total. The van der Waals surface area contributed by atoms with Gasteiger partial charge in [0.1, 0.15) is 6.61 Å². The van der Waals surface area contributed by atoms with Gasteiger partial charge in [0.2, 0.25) is 0 Å². The number of nitrogens with one attached hydrogen (secondary N) is 1. The molecule has 0 saturated heterocycles. The van der Waals surface area contributed by atoms with Crippen LogP contribution in [0.4, 0.5) is 0 Å². The second kappa shape index (κ2) is 4.91. The predicted octanol–water partition coefficient (Wildman–Crippen LogP) is 1.33. The Kier molecular flexibility index (Phi) is 3.32. The lowest BCUT2D eigenvalue weighted by molar-refractivity contribution is -0.0389. The van der Waals surface area contributed by atoms with E-state index in [4.69, 9.17) is 9.57 Å². The predicted molar refractivity (Wildman–Crippen MR) is 57.5 cm³/mol. The van der Waals surface area contributed by atoms with Gasteiger partial charge >= 0.3 is 0 Å². The van der Waals surface area contributed by atoms with Crippen molar-refractivity contribution in [2.75, 3.05) is 13.2 Å². The highest BCUT2D eigenvalue weighted by molar-refractivity contribution is 5.98. The summed E-state index contributed by atoms with van der Waals surface area (Å²) in [6.07, 6.45) is -0.202. The third kappa shape index (κ3) is 2.55. The van der Waals surface area contributed by atoms with E-state index in [1.54, 1.807) is 0 Å². The van der Waals surface area contributed by atoms with E-state index >= 15 is 0 Å². The quantitative estimate of drug-likeness (QED) is 0.811. The normalized spacial score (nSPS) is 20.6. The number of rotatable bonds is 3. The standard InChI is InChI=1S/C11H14N2O2/c1-2-14-10-8-15-13-11(12-10)9-6-4-3-5-7-9/h3-7,10H,2,8H2,1H3,(H,12,13). The van der Waals surface area contributed by atoms with E-state index in [-0.39, 0.29) is 6.23 Å². The maximum Gasteiger partial charge on any atom is 0.176 e. The Labute approximate surface area is 88.9 Å². The maximum absolute atomic E-state index is 5.38. The lowest BCUT2D eigenvalue weighted by Gasteiger charge is -2.21. The van der Waals surface area contributed by atoms with Crippen molar-refractivity contribution < 1.29 is 9.57 Å². The van der Waals surface area contributed by atoms with Crippen LogP contribution in [0.25, 0.3) is 0 Å². The van der Waals surface area contributed by atoms with Gasteiger partial charge in [0.15, 0.2) is 12.1 Å². The van der Waals surface area contributed by atoms with Crippen molar-refractivity contribution >= 4 is 5.84 Å². The van der Waals surface area contributed by atoms with Gasteiger partial charge in [-0.2, -0.15) is 0 Å². The molecule has 0 amide bonds. The Balaban J connectivity index is 2.15. The van der Waals surface area contributed by atoms with Gasteiger partial charge in [-0.3, -0.25) is 4.84 Å². The summed E-state index contributed by atoms with van der Waals surface area (Å²) in [5.41, 5.74) is 3.80. The van der Waals surface area contributed by atoms with Crippen LogP contribution < -0.4 is 5.48 Å². The van der Waals surface area contributed by atoms with Gasteiger partial charge in [-0.05, 0) is 6.92 Å². The summed E-state index contributed by atoms with van der Waals surface area (Å²) >= 11 is 0. The number of amidine groups is 1. The first-order valence-corrected chi connectivity index (χ1v) is 5.03. The average Bonchev–Trinajstić information content (AvgIpc) is 2.31. The van der Waals surface area contributed by atoms with Gasteiger partial charge in [0.05, 0.1) is 0 Å². The molecule has 0 aromatic heterocycles. The third-order valence-electron chi connectivity index (χ3n) is 2.07. The van der Waals surface area contributed by atoms with Crippen LogP contribution in [0.2, 0.25) is 0 Å². The summed E-state index contributed by atoms with van der Waals surface area (Å²) in [5.74, 6) is 0.723. The largest absolute Gasteiger partial charge is 0.354 e. The number of ether oxygens (including phenoxy) is 1. The van der Waals surface area contributed by atoms with Crippen LogP contribution in [0.5, 0.6) is 0 Å². The molecule has 1 aliphatic rings. The smallest absolute Gasteiger partial charge is 0.176 e. The summed E-state index contributed by atoms with van der Waals surface area (Å²) in [5, 5.41) is 0. The first kappa shape index (κ1) is 10.1. The minimum Gasteiger partial charge on any atom is -0.354 e. The van der Waals surface area contributed by atoms with Crippen LogP contribution in [-0.2, 0) is 9.57 Å². The van der Waals surface area contributed by atoms with Crippen molar-refractivity contribution in [1.82, 2.24) is 5.48 Å². The molecule has 0 saturated carbocycles. The summed E-state index contributed by atoms with van der Waals surface area (Å²) in [4.78, 5) is 9.60. The Morgan fingerprint density at radius 3 is 3.00 bits per heavy atom. The molecular formula is C11H14N2O2. The molecule has 0 fully saturated rings. The highest BCUT2D eigenvalue weighted by Gasteiger charge is 2.15. The van der Waals surface area contributed by atoms with Gasteiger partial charge in [-0.25, -0.2) is 10.5 Å². The van der Waals surface area contributed by atoms with E-state index in [0.29, 0.717) is 13.2 Å². The Morgan fingerprint density at radius 1 is 1.47 bits per heavy atom. The number of benzene rings is 1. The molecule has 1 heterocycles. The van der Waals surface area contributed by atoms with E-state index in [0.717, 1.165) is 11.4 Å². The van der Waals surface area contributed by atoms with E-state index in [1.165, 1.54) is 0 Å². The van der Waals surface area contributed by atoms with Crippen LogP contribution in [-0.4, -0.2) is 25.3 Å². The molecule has 1 unspecified atom stereocenters. The van der Waals surface area contributed by atoms with Crippen LogP contribution in [0, 0.1) is 0 Å². The van der Waals surface area contributed by atoms with Gasteiger partial charge in [-0.15, -0.1) is 0 Å². The molecule has 0 spiro atoms. The molecule has 1 N–H and O–H groups in total. The first-order chi connectivity index (χ1) is 7.40. The number of nitrogens with zero attached hydrogens (tertiary/aromatic N) is 1. The highest BCUT2D eigenvalue weighted by atomic mass is 16.7. The minimum absolute atomic E-state index is 0.202. The monoisotopic (exact) mass is 206 g/mol. The summed E-state index contributed by atoms with van der Waals surface area (Å²) in [6.45, 7) is 3.03. The molecule has 1 aromatic rings. The highest BCUT2D eigenvalue weighted by Crippen LogP contribution is 2.06. The van der Waals surface area contributed by atoms with Crippen molar-refractivity contribution in [2.45, 2.75) is 13.2 Å². The van der Waals surface area contributed by atoms with E-state index in [1.807, 2.05) is 37.3 Å². The molecule has 2 rings (SSSR count). The SMILES string of the molecule is CCOC1CONC(c2ccccc2)=N1. The second-order valence-corrected chi connectivity index (χ2v) is 3.17. The zero-order valence-electron chi connectivity index (χ0n) is 8.64. The van der Waals surface area contributed by atoms with Crippen LogP contribution in [0.15, 0.2) is 35.3 Å². The molecule has 80 valence electrons. The average molecular weight is 206 g/mol. The molecule has 1 aliphatic heterocycles. The molecule has 1 aromatic carbocycles. The number of hydrogen-bond donors (Lipinski definition) is 1. The fraction of sp³-hybridized carbons (Fsp3) is 0.364. The molecule has 1 atom stereocenters. The second-order valence-electron chi connectivity index (χ2n) is 3.17. The van der Waals surface area contributed by atoms with Crippen molar-refractivity contribution in [3.8, 4) is 0 Å². The minimum atomic E-state index is -0.202. The zero-order chi connectivity index (χ0) is 10.5. The molecule has 15 heavy (non-hydrogen) atoms. The fourth-order valence-electron chi connectivity index (χ4n) is 1.40.